The Morgan fingerprint density at radius 2 is 2.06 bits per heavy atom. The van der Waals surface area contributed by atoms with Crippen molar-refractivity contribution in [2.75, 3.05) is 19.8 Å². The summed E-state index contributed by atoms with van der Waals surface area (Å²) >= 11 is 0. The van der Waals surface area contributed by atoms with E-state index in [0.717, 1.165) is 0 Å². The normalized spacial score (nSPS) is 13.4. The Balaban J connectivity index is 2.50. The minimum Gasteiger partial charge on any atom is -0.494 e. The van der Waals surface area contributed by atoms with Crippen molar-refractivity contribution in [3.63, 3.8) is 0 Å². The second kappa shape index (κ2) is 6.61. The van der Waals surface area contributed by atoms with E-state index in [4.69, 9.17) is 10.5 Å². The van der Waals surface area contributed by atoms with Crippen molar-refractivity contribution in [2.45, 2.75) is 19.1 Å². The molecule has 0 aliphatic carbocycles. The van der Waals surface area contributed by atoms with Gasteiger partial charge < -0.3 is 15.2 Å². The molecule has 0 aromatic heterocycles. The van der Waals surface area contributed by atoms with Crippen LogP contribution < -0.4 is 10.5 Å². The van der Waals surface area contributed by atoms with Gasteiger partial charge in [0.25, 0.3) is 0 Å². The SMILES string of the molecule is CCOc1cccc(C(N)COCC(F)(F)F)c1. The van der Waals surface area contributed by atoms with Gasteiger partial charge in [0.1, 0.15) is 12.4 Å². The van der Waals surface area contributed by atoms with E-state index in [1.54, 1.807) is 24.3 Å². The van der Waals surface area contributed by atoms with Crippen LogP contribution in [0.25, 0.3) is 0 Å². The lowest BCUT2D eigenvalue weighted by Gasteiger charge is -2.14. The first-order valence-electron chi connectivity index (χ1n) is 5.55. The van der Waals surface area contributed by atoms with Crippen LogP contribution in [0.1, 0.15) is 18.5 Å². The van der Waals surface area contributed by atoms with Gasteiger partial charge >= 0.3 is 6.18 Å². The molecule has 0 spiro atoms. The van der Waals surface area contributed by atoms with Crippen molar-refractivity contribution in [3.8, 4) is 5.75 Å². The van der Waals surface area contributed by atoms with E-state index in [-0.39, 0.29) is 6.61 Å². The highest BCUT2D eigenvalue weighted by Crippen LogP contribution is 2.19. The van der Waals surface area contributed by atoms with E-state index in [1.807, 2.05) is 6.92 Å². The zero-order valence-corrected chi connectivity index (χ0v) is 10.0. The number of nitrogens with two attached hydrogens (primary N) is 1. The third-order valence-electron chi connectivity index (χ3n) is 2.16. The molecule has 1 unspecified atom stereocenters. The van der Waals surface area contributed by atoms with Gasteiger partial charge in [0.2, 0.25) is 0 Å². The summed E-state index contributed by atoms with van der Waals surface area (Å²) in [6.45, 7) is 0.892. The molecule has 6 heteroatoms. The molecular formula is C12H16F3NO2. The maximum absolute atomic E-state index is 11.9. The third kappa shape index (κ3) is 5.37. The Morgan fingerprint density at radius 1 is 1.33 bits per heavy atom. The highest BCUT2D eigenvalue weighted by molar-refractivity contribution is 5.30. The molecule has 0 aliphatic heterocycles. The number of benzene rings is 1. The highest BCUT2D eigenvalue weighted by atomic mass is 19.4. The van der Waals surface area contributed by atoms with Crippen LogP contribution in [0, 0.1) is 0 Å². The Kier molecular flexibility index (Phi) is 5.43. The Labute approximate surface area is 104 Å². The lowest BCUT2D eigenvalue weighted by Crippen LogP contribution is -2.23. The molecule has 0 radical (unpaired) electrons. The van der Waals surface area contributed by atoms with Gasteiger partial charge in [0.15, 0.2) is 0 Å². The number of hydrogen-bond acceptors (Lipinski definition) is 3. The average Bonchev–Trinajstić information content (AvgIpc) is 2.28. The van der Waals surface area contributed by atoms with Crippen LogP contribution in [0.3, 0.4) is 0 Å². The summed E-state index contributed by atoms with van der Waals surface area (Å²) in [5.41, 5.74) is 6.42. The van der Waals surface area contributed by atoms with Crippen molar-refractivity contribution < 1.29 is 22.6 Å². The third-order valence-corrected chi connectivity index (χ3v) is 2.16. The molecule has 1 aromatic carbocycles. The van der Waals surface area contributed by atoms with E-state index in [1.165, 1.54) is 0 Å². The Morgan fingerprint density at radius 3 is 2.67 bits per heavy atom. The van der Waals surface area contributed by atoms with Crippen molar-refractivity contribution >= 4 is 0 Å². The number of rotatable bonds is 6. The summed E-state index contributed by atoms with van der Waals surface area (Å²) < 4.78 is 45.5. The molecule has 0 saturated heterocycles. The zero-order valence-electron chi connectivity index (χ0n) is 10.0. The fraction of sp³-hybridized carbons (Fsp3) is 0.500. The quantitative estimate of drug-likeness (QED) is 0.858. The van der Waals surface area contributed by atoms with Gasteiger partial charge in [-0.25, -0.2) is 0 Å². The molecule has 102 valence electrons. The van der Waals surface area contributed by atoms with Crippen molar-refractivity contribution in [3.05, 3.63) is 29.8 Å². The van der Waals surface area contributed by atoms with E-state index in [9.17, 15) is 13.2 Å². The number of halogens is 3. The van der Waals surface area contributed by atoms with Crippen LogP contribution in [0.2, 0.25) is 0 Å². The van der Waals surface area contributed by atoms with Gasteiger partial charge in [-0.15, -0.1) is 0 Å². The molecule has 0 fully saturated rings. The van der Waals surface area contributed by atoms with Gasteiger partial charge in [-0.1, -0.05) is 12.1 Å². The fourth-order valence-electron chi connectivity index (χ4n) is 1.40. The van der Waals surface area contributed by atoms with Crippen LogP contribution in [0.4, 0.5) is 13.2 Å². The first kappa shape index (κ1) is 14.8. The zero-order chi connectivity index (χ0) is 13.6. The van der Waals surface area contributed by atoms with E-state index >= 15 is 0 Å². The maximum atomic E-state index is 11.9. The Bertz CT molecular complexity index is 369. The summed E-state index contributed by atoms with van der Waals surface area (Å²) in [6.07, 6.45) is -4.33. The highest BCUT2D eigenvalue weighted by Gasteiger charge is 2.27. The maximum Gasteiger partial charge on any atom is 0.411 e. The van der Waals surface area contributed by atoms with Crippen molar-refractivity contribution in [1.82, 2.24) is 0 Å². The fourth-order valence-corrected chi connectivity index (χ4v) is 1.40. The molecule has 1 atom stereocenters. The summed E-state index contributed by atoms with van der Waals surface area (Å²) in [6, 6.07) is 6.32. The largest absolute Gasteiger partial charge is 0.494 e. The van der Waals surface area contributed by atoms with Crippen LogP contribution >= 0.6 is 0 Å². The molecule has 0 bridgehead atoms. The minimum atomic E-state index is -4.33. The summed E-state index contributed by atoms with van der Waals surface area (Å²) in [5.74, 6) is 0.640. The van der Waals surface area contributed by atoms with Gasteiger partial charge in [0, 0.05) is 0 Å². The smallest absolute Gasteiger partial charge is 0.411 e. The molecular weight excluding hydrogens is 247 g/mol. The molecule has 0 aliphatic rings. The lowest BCUT2D eigenvalue weighted by molar-refractivity contribution is -0.174. The summed E-state index contributed by atoms with van der Waals surface area (Å²) in [7, 11) is 0. The minimum absolute atomic E-state index is 0.185. The van der Waals surface area contributed by atoms with Gasteiger partial charge in [-0.2, -0.15) is 13.2 Å². The molecule has 1 rings (SSSR count). The number of ether oxygens (including phenoxy) is 2. The van der Waals surface area contributed by atoms with Gasteiger partial charge in [-0.05, 0) is 24.6 Å². The summed E-state index contributed by atoms with van der Waals surface area (Å²) in [4.78, 5) is 0. The van der Waals surface area contributed by atoms with Crippen molar-refractivity contribution in [1.29, 1.82) is 0 Å². The molecule has 2 N–H and O–H groups in total. The average molecular weight is 263 g/mol. The van der Waals surface area contributed by atoms with Crippen LogP contribution in [-0.2, 0) is 4.74 Å². The van der Waals surface area contributed by atoms with E-state index < -0.39 is 18.8 Å². The molecule has 0 heterocycles. The van der Waals surface area contributed by atoms with Crippen LogP contribution in [0.15, 0.2) is 24.3 Å². The van der Waals surface area contributed by atoms with Crippen LogP contribution in [-0.4, -0.2) is 26.0 Å². The van der Waals surface area contributed by atoms with E-state index in [2.05, 4.69) is 4.74 Å². The van der Waals surface area contributed by atoms with Crippen LogP contribution in [0.5, 0.6) is 5.75 Å². The van der Waals surface area contributed by atoms with Crippen molar-refractivity contribution in [2.24, 2.45) is 5.73 Å². The lowest BCUT2D eigenvalue weighted by atomic mass is 10.1. The number of alkyl halides is 3. The summed E-state index contributed by atoms with van der Waals surface area (Å²) in [5, 5.41) is 0. The Hall–Kier alpha value is -1.27. The molecule has 18 heavy (non-hydrogen) atoms. The predicted molar refractivity (Wildman–Crippen MR) is 61.4 cm³/mol. The topological polar surface area (TPSA) is 44.5 Å². The molecule has 1 aromatic rings. The van der Waals surface area contributed by atoms with Gasteiger partial charge in [0.05, 0.1) is 19.3 Å². The molecule has 0 saturated carbocycles. The second-order valence-electron chi connectivity index (χ2n) is 3.74. The molecule has 0 amide bonds. The monoisotopic (exact) mass is 263 g/mol. The second-order valence-corrected chi connectivity index (χ2v) is 3.74. The first-order valence-corrected chi connectivity index (χ1v) is 5.55. The standard InChI is InChI=1S/C12H16F3NO2/c1-2-18-10-5-3-4-9(6-10)11(16)7-17-8-12(13,14)15/h3-6,11H,2,7-8,16H2,1H3. The molecule has 3 nitrogen and oxygen atoms in total. The number of hydrogen-bond donors (Lipinski definition) is 1. The predicted octanol–water partition coefficient (Wildman–Crippen LogP) is 2.66. The first-order chi connectivity index (χ1) is 8.42. The van der Waals surface area contributed by atoms with Gasteiger partial charge in [-0.3, -0.25) is 0 Å². The van der Waals surface area contributed by atoms with E-state index in [0.29, 0.717) is 17.9 Å².